The lowest BCUT2D eigenvalue weighted by Gasteiger charge is -2.03. The van der Waals surface area contributed by atoms with Gasteiger partial charge in [-0.3, -0.25) is 19.9 Å². The zero-order chi connectivity index (χ0) is 18.2. The maximum atomic E-state index is 9.26. The molecule has 2 aromatic carbocycles. The van der Waals surface area contributed by atoms with Gasteiger partial charge in [0.2, 0.25) is 0 Å². The number of rotatable bonds is 2. The summed E-state index contributed by atoms with van der Waals surface area (Å²) in [5.41, 5.74) is 3.28. The van der Waals surface area contributed by atoms with Crippen molar-refractivity contribution in [2.24, 2.45) is 0 Å². The van der Waals surface area contributed by atoms with E-state index >= 15 is 0 Å². The molecular weight excluding hydrogens is 328 g/mol. The molecule has 0 saturated heterocycles. The number of aromatic nitrogens is 4. The Morgan fingerprint density at radius 1 is 0.500 bits per heavy atom. The number of benzene rings is 2. The van der Waals surface area contributed by atoms with Gasteiger partial charge in [-0.1, -0.05) is 0 Å². The van der Waals surface area contributed by atoms with Gasteiger partial charge in [0.1, 0.15) is 11.5 Å². The van der Waals surface area contributed by atoms with Crippen molar-refractivity contribution < 1.29 is 10.2 Å². The minimum atomic E-state index is 0.224. The van der Waals surface area contributed by atoms with Crippen LogP contribution in [-0.4, -0.2) is 30.1 Å². The summed E-state index contributed by atoms with van der Waals surface area (Å²) in [7, 11) is 0. The summed E-state index contributed by atoms with van der Waals surface area (Å²) < 4.78 is 0. The Bertz CT molecular complexity index is 835. The third-order valence-electron chi connectivity index (χ3n) is 3.46. The first-order valence-corrected chi connectivity index (χ1v) is 7.83. The highest BCUT2D eigenvalue weighted by Gasteiger charge is 2.03. The van der Waals surface area contributed by atoms with E-state index in [2.05, 4.69) is 19.9 Å². The van der Waals surface area contributed by atoms with Crippen LogP contribution in [0.1, 0.15) is 0 Å². The molecule has 0 aliphatic carbocycles. The zero-order valence-electron chi connectivity index (χ0n) is 13.8. The van der Waals surface area contributed by atoms with Gasteiger partial charge in [0.05, 0.1) is 23.8 Å². The molecule has 0 unspecified atom stereocenters. The maximum Gasteiger partial charge on any atom is 0.115 e. The Labute approximate surface area is 150 Å². The highest BCUT2D eigenvalue weighted by Crippen LogP contribution is 2.22. The minimum Gasteiger partial charge on any atom is -0.508 e. The molecule has 0 saturated carbocycles. The van der Waals surface area contributed by atoms with Gasteiger partial charge in [0.25, 0.3) is 0 Å². The monoisotopic (exact) mass is 344 g/mol. The van der Waals surface area contributed by atoms with Crippen LogP contribution in [0.15, 0.2) is 85.7 Å². The first-order chi connectivity index (χ1) is 12.7. The highest BCUT2D eigenvalue weighted by atomic mass is 16.3. The summed E-state index contributed by atoms with van der Waals surface area (Å²) in [5.74, 6) is 0.449. The smallest absolute Gasteiger partial charge is 0.115 e. The molecule has 0 amide bonds. The number of phenolic OH excluding ortho intramolecular Hbond substituents is 2. The van der Waals surface area contributed by atoms with E-state index in [0.717, 1.165) is 22.5 Å². The summed E-state index contributed by atoms with van der Waals surface area (Å²) in [6.45, 7) is 0. The summed E-state index contributed by atoms with van der Waals surface area (Å²) in [6, 6.07) is 13.6. The molecular formula is C20H16N4O2. The van der Waals surface area contributed by atoms with Crippen molar-refractivity contribution in [3.63, 3.8) is 0 Å². The molecule has 4 aromatic rings. The first kappa shape index (κ1) is 17.0. The van der Waals surface area contributed by atoms with Gasteiger partial charge in [0, 0.05) is 35.9 Å². The lowest BCUT2D eigenvalue weighted by Crippen LogP contribution is -1.89. The van der Waals surface area contributed by atoms with Crippen molar-refractivity contribution in [1.82, 2.24) is 19.9 Å². The van der Waals surface area contributed by atoms with E-state index in [9.17, 15) is 10.2 Å². The van der Waals surface area contributed by atoms with Crippen molar-refractivity contribution >= 4 is 0 Å². The molecule has 0 fully saturated rings. The SMILES string of the molecule is Oc1ccc(-c2cnc(-c3ccc(O)cc3)cn2)cc1.c1cnccn1. The number of hydrogen-bond acceptors (Lipinski definition) is 6. The molecule has 0 radical (unpaired) electrons. The molecule has 6 nitrogen and oxygen atoms in total. The van der Waals surface area contributed by atoms with E-state index in [-0.39, 0.29) is 11.5 Å². The molecule has 2 N–H and O–H groups in total. The fourth-order valence-electron chi connectivity index (χ4n) is 2.14. The predicted molar refractivity (Wildman–Crippen MR) is 98.3 cm³/mol. The largest absolute Gasteiger partial charge is 0.508 e. The summed E-state index contributed by atoms with van der Waals surface area (Å²) in [5, 5.41) is 18.5. The van der Waals surface area contributed by atoms with E-state index in [1.165, 1.54) is 0 Å². The first-order valence-electron chi connectivity index (χ1n) is 7.83. The Morgan fingerprint density at radius 3 is 1.12 bits per heavy atom. The van der Waals surface area contributed by atoms with Crippen LogP contribution in [-0.2, 0) is 0 Å². The second-order valence-corrected chi connectivity index (χ2v) is 5.28. The standard InChI is InChI=1S/C16H12N2O2.C4H4N2/c19-13-5-1-11(2-6-13)15-9-18-16(10-17-15)12-3-7-14(20)8-4-12;1-2-6-4-3-5-1/h1-10,19-20H;1-4H. The quantitative estimate of drug-likeness (QED) is 0.576. The third-order valence-corrected chi connectivity index (χ3v) is 3.46. The van der Waals surface area contributed by atoms with Gasteiger partial charge < -0.3 is 10.2 Å². The van der Waals surface area contributed by atoms with Crippen LogP contribution < -0.4 is 0 Å². The number of nitrogens with zero attached hydrogens (tertiary/aromatic N) is 4. The van der Waals surface area contributed by atoms with Crippen LogP contribution >= 0.6 is 0 Å². The maximum absolute atomic E-state index is 9.26. The van der Waals surface area contributed by atoms with E-state index in [1.807, 2.05) is 0 Å². The van der Waals surface area contributed by atoms with Crippen LogP contribution in [0, 0.1) is 0 Å². The minimum absolute atomic E-state index is 0.224. The average Bonchev–Trinajstić information content (AvgIpc) is 2.71. The fourth-order valence-corrected chi connectivity index (χ4v) is 2.14. The van der Waals surface area contributed by atoms with E-state index in [1.54, 1.807) is 85.7 Å². The molecule has 26 heavy (non-hydrogen) atoms. The topological polar surface area (TPSA) is 92.0 Å². The molecule has 0 bridgehead atoms. The lowest BCUT2D eigenvalue weighted by molar-refractivity contribution is 0.475. The Balaban J connectivity index is 0.000000278. The van der Waals surface area contributed by atoms with Crippen LogP contribution in [0.25, 0.3) is 22.5 Å². The fraction of sp³-hybridized carbons (Fsp3) is 0. The normalized spacial score (nSPS) is 9.85. The lowest BCUT2D eigenvalue weighted by atomic mass is 10.1. The Kier molecular flexibility index (Phi) is 5.47. The van der Waals surface area contributed by atoms with Crippen molar-refractivity contribution in [1.29, 1.82) is 0 Å². The van der Waals surface area contributed by atoms with E-state index in [4.69, 9.17) is 0 Å². The van der Waals surface area contributed by atoms with Gasteiger partial charge in [-0.2, -0.15) is 0 Å². The van der Waals surface area contributed by atoms with Gasteiger partial charge in [-0.25, -0.2) is 0 Å². The van der Waals surface area contributed by atoms with Crippen molar-refractivity contribution in [2.75, 3.05) is 0 Å². The number of phenols is 2. The Hall–Kier alpha value is -3.80. The number of aromatic hydroxyl groups is 2. The van der Waals surface area contributed by atoms with Gasteiger partial charge >= 0.3 is 0 Å². The summed E-state index contributed by atoms with van der Waals surface area (Å²) in [4.78, 5) is 16.2. The average molecular weight is 344 g/mol. The molecule has 6 heteroatoms. The van der Waals surface area contributed by atoms with Crippen molar-refractivity contribution in [2.45, 2.75) is 0 Å². The molecule has 2 heterocycles. The molecule has 0 spiro atoms. The van der Waals surface area contributed by atoms with Crippen molar-refractivity contribution in [3.8, 4) is 34.0 Å². The van der Waals surface area contributed by atoms with Gasteiger partial charge in [0.15, 0.2) is 0 Å². The molecule has 0 aliphatic rings. The summed E-state index contributed by atoms with van der Waals surface area (Å²) >= 11 is 0. The zero-order valence-corrected chi connectivity index (χ0v) is 13.8. The summed E-state index contributed by atoms with van der Waals surface area (Å²) in [6.07, 6.45) is 9.93. The molecule has 0 aliphatic heterocycles. The van der Waals surface area contributed by atoms with Crippen molar-refractivity contribution in [3.05, 3.63) is 85.7 Å². The van der Waals surface area contributed by atoms with Crippen LogP contribution in [0.4, 0.5) is 0 Å². The second kappa shape index (κ2) is 8.34. The van der Waals surface area contributed by atoms with Crippen LogP contribution in [0.3, 0.4) is 0 Å². The number of hydrogen-bond donors (Lipinski definition) is 2. The Morgan fingerprint density at radius 2 is 0.846 bits per heavy atom. The van der Waals surface area contributed by atoms with Gasteiger partial charge in [-0.15, -0.1) is 0 Å². The second-order valence-electron chi connectivity index (χ2n) is 5.28. The predicted octanol–water partition coefficient (Wildman–Crippen LogP) is 3.70. The van der Waals surface area contributed by atoms with Gasteiger partial charge in [-0.05, 0) is 48.5 Å². The highest BCUT2D eigenvalue weighted by molar-refractivity contribution is 5.63. The molecule has 2 aromatic heterocycles. The molecule has 4 rings (SSSR count). The van der Waals surface area contributed by atoms with E-state index in [0.29, 0.717) is 0 Å². The van der Waals surface area contributed by atoms with Crippen LogP contribution in [0.5, 0.6) is 11.5 Å². The van der Waals surface area contributed by atoms with E-state index < -0.39 is 0 Å². The third kappa shape index (κ3) is 4.61. The molecule has 0 atom stereocenters. The van der Waals surface area contributed by atoms with Crippen LogP contribution in [0.2, 0.25) is 0 Å². The molecule has 128 valence electrons.